The largest absolute Gasteiger partial charge is 0.345 e. The Balaban J connectivity index is 1.90. The highest BCUT2D eigenvalue weighted by Gasteiger charge is 2.32. The Morgan fingerprint density at radius 1 is 1.06 bits per heavy atom. The molecule has 0 saturated heterocycles. The fourth-order valence-corrected chi connectivity index (χ4v) is 6.72. The Morgan fingerprint density at radius 3 is 2.36 bits per heavy atom. The molecule has 0 amide bonds. The van der Waals surface area contributed by atoms with Gasteiger partial charge in [-0.05, 0) is 35.7 Å². The zero-order valence-corrected chi connectivity index (χ0v) is 20.1. The van der Waals surface area contributed by atoms with E-state index in [1.165, 1.54) is 12.1 Å². The summed E-state index contributed by atoms with van der Waals surface area (Å²) in [6.07, 6.45) is -1.08. The van der Waals surface area contributed by atoms with Crippen molar-refractivity contribution in [2.45, 2.75) is 11.8 Å². The zero-order chi connectivity index (χ0) is 24.0. The van der Waals surface area contributed by atoms with E-state index in [0.29, 0.717) is 32.4 Å². The van der Waals surface area contributed by atoms with Crippen LogP contribution in [0.15, 0.2) is 64.0 Å². The molecule has 0 aliphatic carbocycles. The Morgan fingerprint density at radius 2 is 1.76 bits per heavy atom. The molecule has 0 fully saturated rings. The predicted molar refractivity (Wildman–Crippen MR) is 125 cm³/mol. The number of nitrogens with zero attached hydrogens (tertiary/aromatic N) is 3. The molecule has 4 rings (SSSR count). The molecule has 1 aromatic heterocycles. The number of aryl methyl sites for hydroxylation is 1. The summed E-state index contributed by atoms with van der Waals surface area (Å²) in [5, 5.41) is 5.04. The van der Waals surface area contributed by atoms with Crippen LogP contribution in [0, 0.1) is 6.92 Å². The molecular formula is C20H16Cl2N3O6PS. The van der Waals surface area contributed by atoms with Gasteiger partial charge in [-0.2, -0.15) is 4.98 Å². The predicted octanol–water partition coefficient (Wildman–Crippen LogP) is 4.84. The molecule has 0 saturated carbocycles. The summed E-state index contributed by atoms with van der Waals surface area (Å²) in [6, 6.07) is 13.5. The quantitative estimate of drug-likeness (QED) is 0.340. The van der Waals surface area contributed by atoms with Crippen LogP contribution >= 0.6 is 30.8 Å². The van der Waals surface area contributed by atoms with Gasteiger partial charge in [-0.1, -0.05) is 52.6 Å². The van der Waals surface area contributed by atoms with Crippen molar-refractivity contribution in [1.29, 1.82) is 0 Å². The van der Waals surface area contributed by atoms with E-state index in [4.69, 9.17) is 27.7 Å². The lowest BCUT2D eigenvalue weighted by atomic mass is 10.1. The summed E-state index contributed by atoms with van der Waals surface area (Å²) < 4.78 is 44.5. The number of sulfonamides is 1. The topological polar surface area (TPSA) is 134 Å². The minimum Gasteiger partial charge on any atom is -0.339 e. The molecule has 3 aromatic carbocycles. The van der Waals surface area contributed by atoms with Crippen molar-refractivity contribution in [3.63, 3.8) is 0 Å². The lowest BCUT2D eigenvalue weighted by molar-refractivity contribution is 0.373. The second kappa shape index (κ2) is 8.72. The van der Waals surface area contributed by atoms with Gasteiger partial charge in [0.25, 0.3) is 10.0 Å². The van der Waals surface area contributed by atoms with Crippen molar-refractivity contribution in [3.8, 4) is 11.4 Å². The Bertz CT molecular complexity index is 1500. The molecular weight excluding hydrogens is 512 g/mol. The number of fused-ring (bicyclic) bond motifs is 1. The van der Waals surface area contributed by atoms with Crippen molar-refractivity contribution >= 4 is 57.3 Å². The smallest absolute Gasteiger partial charge is 0.339 e. The molecule has 33 heavy (non-hydrogen) atoms. The normalized spacial score (nSPS) is 12.3. The minimum absolute atomic E-state index is 0.0650. The number of aromatic nitrogens is 2. The van der Waals surface area contributed by atoms with Crippen LogP contribution in [0.1, 0.15) is 5.89 Å². The molecule has 0 aliphatic rings. The van der Waals surface area contributed by atoms with E-state index in [9.17, 15) is 22.8 Å². The second-order valence-electron chi connectivity index (χ2n) is 7.11. The van der Waals surface area contributed by atoms with Gasteiger partial charge in [0, 0.05) is 27.9 Å². The van der Waals surface area contributed by atoms with Gasteiger partial charge in [-0.25, -0.2) is 8.42 Å². The summed E-state index contributed by atoms with van der Waals surface area (Å²) >= 11 is 11.9. The number of rotatable bonds is 6. The third-order valence-electron chi connectivity index (χ3n) is 4.65. The van der Waals surface area contributed by atoms with E-state index >= 15 is 0 Å². The van der Waals surface area contributed by atoms with Gasteiger partial charge in [0.15, 0.2) is 0 Å². The van der Waals surface area contributed by atoms with E-state index in [-0.39, 0.29) is 20.6 Å². The van der Waals surface area contributed by atoms with E-state index in [2.05, 4.69) is 10.1 Å². The van der Waals surface area contributed by atoms with Gasteiger partial charge >= 0.3 is 7.60 Å². The van der Waals surface area contributed by atoms with E-state index in [1.807, 2.05) is 0 Å². The van der Waals surface area contributed by atoms with Crippen molar-refractivity contribution in [3.05, 3.63) is 70.5 Å². The highest BCUT2D eigenvalue weighted by Crippen LogP contribution is 2.42. The van der Waals surface area contributed by atoms with Gasteiger partial charge < -0.3 is 14.3 Å². The first-order chi connectivity index (χ1) is 15.4. The zero-order valence-electron chi connectivity index (χ0n) is 16.9. The Kier molecular flexibility index (Phi) is 6.26. The van der Waals surface area contributed by atoms with Crippen LogP contribution in [-0.4, -0.2) is 34.6 Å². The fourth-order valence-electron chi connectivity index (χ4n) is 3.29. The van der Waals surface area contributed by atoms with Gasteiger partial charge in [0.1, 0.15) is 6.29 Å². The molecule has 13 heteroatoms. The molecule has 9 nitrogen and oxygen atoms in total. The molecule has 172 valence electrons. The minimum atomic E-state index is -4.81. The molecule has 1 heterocycles. The van der Waals surface area contributed by atoms with E-state index < -0.39 is 23.9 Å². The third kappa shape index (κ3) is 5.06. The van der Waals surface area contributed by atoms with Crippen molar-refractivity contribution in [2.24, 2.45) is 0 Å². The number of halogens is 2. The van der Waals surface area contributed by atoms with Gasteiger partial charge in [0.2, 0.25) is 11.7 Å². The van der Waals surface area contributed by atoms with Crippen LogP contribution < -0.4 is 4.31 Å². The maximum atomic E-state index is 13.5. The lowest BCUT2D eigenvalue weighted by Gasteiger charge is -2.26. The van der Waals surface area contributed by atoms with E-state index in [0.717, 1.165) is 12.1 Å². The first-order valence-corrected chi connectivity index (χ1v) is 13.3. The molecule has 0 spiro atoms. The van der Waals surface area contributed by atoms with Crippen molar-refractivity contribution in [2.75, 3.05) is 10.6 Å². The monoisotopic (exact) mass is 527 g/mol. The van der Waals surface area contributed by atoms with Gasteiger partial charge in [-0.15, -0.1) is 0 Å². The van der Waals surface area contributed by atoms with Gasteiger partial charge in [-0.3, -0.25) is 8.87 Å². The number of benzene rings is 3. The lowest BCUT2D eigenvalue weighted by Crippen LogP contribution is -2.32. The number of hydrogen-bond donors (Lipinski definition) is 2. The van der Waals surface area contributed by atoms with Crippen molar-refractivity contribution < 1.29 is 27.3 Å². The maximum Gasteiger partial charge on any atom is 0.345 e. The number of anilines is 1. The van der Waals surface area contributed by atoms with Crippen LogP contribution in [0.2, 0.25) is 10.0 Å². The third-order valence-corrected chi connectivity index (χ3v) is 7.67. The second-order valence-corrected chi connectivity index (χ2v) is 11.5. The molecule has 4 aromatic rings. The highest BCUT2D eigenvalue weighted by molar-refractivity contribution is 7.93. The molecule has 0 unspecified atom stereocenters. The Labute approximate surface area is 198 Å². The molecule has 0 bridgehead atoms. The fraction of sp³-hybridized carbons (Fsp3) is 0.100. The summed E-state index contributed by atoms with van der Waals surface area (Å²) in [5.41, 5.74) is 0.699. The standard InChI is InChI=1S/C20H16Cl2N3O6PS/c1-12-23-20(24-31-12)14-5-6-18-13(7-14)3-2-4-19(18)25(11-32(26,27)28)33(29,30)17-9-15(21)8-16(22)10-17/h2-10H,11H2,1H3,(H2,26,27,28). The van der Waals surface area contributed by atoms with Gasteiger partial charge in [0.05, 0.1) is 10.6 Å². The SMILES string of the molecule is Cc1nc(-c2ccc3c(N(CP(=O)(O)O)S(=O)(=O)c4cc(Cl)cc(Cl)c4)cccc3c2)no1. The molecule has 0 radical (unpaired) electrons. The highest BCUT2D eigenvalue weighted by atomic mass is 35.5. The summed E-state index contributed by atoms with van der Waals surface area (Å²) in [7, 11) is -9.26. The van der Waals surface area contributed by atoms with Crippen LogP contribution in [-0.2, 0) is 14.6 Å². The molecule has 2 N–H and O–H groups in total. The molecule has 0 atom stereocenters. The first kappa shape index (κ1) is 23.7. The van der Waals surface area contributed by atoms with Crippen molar-refractivity contribution in [1.82, 2.24) is 10.1 Å². The number of hydrogen-bond acceptors (Lipinski definition) is 6. The molecule has 0 aliphatic heterocycles. The van der Waals surface area contributed by atoms with Crippen LogP contribution in [0.25, 0.3) is 22.2 Å². The van der Waals surface area contributed by atoms with Crippen LogP contribution in [0.3, 0.4) is 0 Å². The first-order valence-electron chi connectivity index (χ1n) is 9.31. The summed E-state index contributed by atoms with van der Waals surface area (Å²) in [5.74, 6) is 0.742. The summed E-state index contributed by atoms with van der Waals surface area (Å²) in [4.78, 5) is 23.2. The van der Waals surface area contributed by atoms with E-state index in [1.54, 1.807) is 37.3 Å². The Hall–Kier alpha value is -2.46. The van der Waals surface area contributed by atoms with Crippen LogP contribution in [0.5, 0.6) is 0 Å². The summed E-state index contributed by atoms with van der Waals surface area (Å²) in [6.45, 7) is 1.66. The maximum absolute atomic E-state index is 13.5. The van der Waals surface area contributed by atoms with Crippen LogP contribution in [0.4, 0.5) is 5.69 Å². The average molecular weight is 528 g/mol. The average Bonchev–Trinajstić information content (AvgIpc) is 3.16.